The highest BCUT2D eigenvalue weighted by Crippen LogP contribution is 2.42. The Bertz CT molecular complexity index is 1760. The fourth-order valence-electron chi connectivity index (χ4n) is 7.13. The summed E-state index contributed by atoms with van der Waals surface area (Å²) >= 11 is 0. The number of hydrazine groups is 1. The van der Waals surface area contributed by atoms with Crippen LogP contribution in [0.4, 0.5) is 19.0 Å². The van der Waals surface area contributed by atoms with Crippen LogP contribution in [0.1, 0.15) is 45.1 Å². The maximum absolute atomic E-state index is 16.7. The van der Waals surface area contributed by atoms with Crippen molar-refractivity contribution in [3.05, 3.63) is 47.7 Å². The molecule has 232 valence electrons. The topological polar surface area (TPSA) is 107 Å². The summed E-state index contributed by atoms with van der Waals surface area (Å²) in [5.41, 5.74) is 2.25. The van der Waals surface area contributed by atoms with Crippen molar-refractivity contribution in [3.63, 3.8) is 0 Å². The van der Waals surface area contributed by atoms with Gasteiger partial charge in [-0.1, -0.05) is 13.0 Å². The second-order valence-corrected chi connectivity index (χ2v) is 12.6. The van der Waals surface area contributed by atoms with Gasteiger partial charge in [-0.15, -0.1) is 0 Å². The van der Waals surface area contributed by atoms with E-state index in [9.17, 15) is 19.0 Å². The number of rotatable bonds is 6. The lowest BCUT2D eigenvalue weighted by molar-refractivity contribution is 0.0375. The number of phenols is 1. The average Bonchev–Trinajstić information content (AvgIpc) is 3.51. The molecular formula is C32H35F3N6O3. The molecule has 7 rings (SSSR count). The average molecular weight is 609 g/mol. The molecule has 5 heterocycles. The first kappa shape index (κ1) is 29.0. The van der Waals surface area contributed by atoms with E-state index >= 15 is 4.39 Å². The number of halogens is 3. The zero-order valence-electron chi connectivity index (χ0n) is 24.7. The number of aliphatic hydroxyl groups is 1. The second kappa shape index (κ2) is 10.7. The molecule has 2 aromatic carbocycles. The molecule has 0 amide bonds. The molecule has 0 aliphatic carbocycles. The minimum Gasteiger partial charge on any atom is -0.508 e. The third-order valence-corrected chi connectivity index (χ3v) is 9.42. The van der Waals surface area contributed by atoms with Crippen LogP contribution in [0.15, 0.2) is 30.5 Å². The first-order chi connectivity index (χ1) is 21.1. The number of ether oxygens (including phenoxy) is 1. The van der Waals surface area contributed by atoms with Crippen LogP contribution < -0.4 is 15.2 Å². The number of β-amino-alcohol motifs (C(OH)–C–C–N with tert-alkyl or cyclic N) is 1. The minimum absolute atomic E-state index is 0.0596. The molecule has 2 aromatic heterocycles. The molecule has 4 aromatic rings. The number of pyridine rings is 1. The number of nitrogens with zero attached hydrogens (tertiary/aromatic N) is 5. The van der Waals surface area contributed by atoms with Crippen molar-refractivity contribution in [1.82, 2.24) is 25.3 Å². The number of fused-ring (bicyclic) bond motifs is 3. The minimum atomic E-state index is -0.932. The summed E-state index contributed by atoms with van der Waals surface area (Å²) in [6.45, 7) is 5.50. The molecule has 3 N–H and O–H groups in total. The van der Waals surface area contributed by atoms with E-state index in [1.54, 1.807) is 18.0 Å². The standard InChI is InChI=1S/C32H35F3N6O3/c1-3-21-24(34)6-5-18-11-20(42)12-22(25(18)21)27-26(35)28-23(14-36-27)29(41-10-8-31(2,43)16-37-41)39-30(38-28)44-17-32-7-4-9-40(32)15-19(33)13-32/h5-6,11-12,14,19,37,42-43H,3-4,7-10,13,15-17H2,1-2H3/t19-,31?,32+/m1/s1. The number of hydrogen-bond acceptors (Lipinski definition) is 9. The molecule has 3 aliphatic rings. The molecule has 0 bridgehead atoms. The molecule has 0 saturated carbocycles. The van der Waals surface area contributed by atoms with E-state index in [4.69, 9.17) is 4.74 Å². The Kier molecular flexibility index (Phi) is 7.06. The lowest BCUT2D eigenvalue weighted by Gasteiger charge is -2.37. The predicted molar refractivity (Wildman–Crippen MR) is 160 cm³/mol. The van der Waals surface area contributed by atoms with Gasteiger partial charge in [0.2, 0.25) is 0 Å². The van der Waals surface area contributed by atoms with E-state index < -0.39 is 28.9 Å². The quantitative estimate of drug-likeness (QED) is 0.284. The van der Waals surface area contributed by atoms with Gasteiger partial charge in [-0.25, -0.2) is 18.6 Å². The summed E-state index contributed by atoms with van der Waals surface area (Å²) < 4.78 is 52.1. The fourth-order valence-corrected chi connectivity index (χ4v) is 7.13. The van der Waals surface area contributed by atoms with Crippen LogP contribution in [0.3, 0.4) is 0 Å². The van der Waals surface area contributed by atoms with Crippen LogP contribution in [-0.4, -0.2) is 80.2 Å². The first-order valence-corrected chi connectivity index (χ1v) is 15.1. The van der Waals surface area contributed by atoms with Gasteiger partial charge < -0.3 is 14.9 Å². The number of aromatic hydroxyl groups is 1. The van der Waals surface area contributed by atoms with Crippen LogP contribution in [-0.2, 0) is 6.42 Å². The Hall–Kier alpha value is -3.74. The number of nitrogens with one attached hydrogen (secondary N) is 1. The molecular weight excluding hydrogens is 573 g/mol. The summed E-state index contributed by atoms with van der Waals surface area (Å²) in [5, 5.41) is 24.1. The smallest absolute Gasteiger partial charge is 0.319 e. The predicted octanol–water partition coefficient (Wildman–Crippen LogP) is 4.81. The highest BCUT2D eigenvalue weighted by atomic mass is 19.1. The van der Waals surface area contributed by atoms with Crippen molar-refractivity contribution in [1.29, 1.82) is 0 Å². The van der Waals surface area contributed by atoms with Crippen molar-refractivity contribution in [2.75, 3.05) is 37.8 Å². The maximum atomic E-state index is 16.7. The van der Waals surface area contributed by atoms with Gasteiger partial charge in [0.05, 0.1) is 16.5 Å². The van der Waals surface area contributed by atoms with Crippen molar-refractivity contribution in [3.8, 4) is 23.0 Å². The van der Waals surface area contributed by atoms with Crippen molar-refractivity contribution in [2.24, 2.45) is 0 Å². The Morgan fingerprint density at radius 1 is 1.16 bits per heavy atom. The van der Waals surface area contributed by atoms with Gasteiger partial charge in [0.15, 0.2) is 11.6 Å². The highest BCUT2D eigenvalue weighted by Gasteiger charge is 2.49. The van der Waals surface area contributed by atoms with Gasteiger partial charge in [0, 0.05) is 37.8 Å². The zero-order valence-corrected chi connectivity index (χ0v) is 24.7. The molecule has 44 heavy (non-hydrogen) atoms. The first-order valence-electron chi connectivity index (χ1n) is 15.1. The van der Waals surface area contributed by atoms with Crippen LogP contribution in [0, 0.1) is 11.6 Å². The van der Waals surface area contributed by atoms with Crippen LogP contribution in [0.25, 0.3) is 32.9 Å². The van der Waals surface area contributed by atoms with E-state index in [-0.39, 0.29) is 41.7 Å². The Balaban J connectivity index is 1.37. The molecule has 3 fully saturated rings. The highest BCUT2D eigenvalue weighted by molar-refractivity contribution is 6.01. The molecule has 0 spiro atoms. The summed E-state index contributed by atoms with van der Waals surface area (Å²) in [5.74, 6) is -0.982. The van der Waals surface area contributed by atoms with E-state index in [2.05, 4.69) is 25.3 Å². The summed E-state index contributed by atoms with van der Waals surface area (Å²) in [7, 11) is 0. The molecule has 1 unspecified atom stereocenters. The molecule has 3 saturated heterocycles. The normalized spacial score (nSPS) is 25.7. The Morgan fingerprint density at radius 2 is 2.00 bits per heavy atom. The van der Waals surface area contributed by atoms with Crippen LogP contribution in [0.2, 0.25) is 0 Å². The van der Waals surface area contributed by atoms with Crippen molar-refractivity contribution in [2.45, 2.75) is 63.3 Å². The molecule has 3 aliphatic heterocycles. The number of benzene rings is 2. The summed E-state index contributed by atoms with van der Waals surface area (Å²) in [6, 6.07) is 5.71. The van der Waals surface area contributed by atoms with Gasteiger partial charge in [-0.05, 0) is 73.7 Å². The number of hydrogen-bond donors (Lipinski definition) is 3. The largest absolute Gasteiger partial charge is 0.508 e. The Labute approximate surface area is 252 Å². The molecule has 0 radical (unpaired) electrons. The van der Waals surface area contributed by atoms with Gasteiger partial charge in [0.1, 0.15) is 35.6 Å². The lowest BCUT2D eigenvalue weighted by atomic mass is 9.94. The van der Waals surface area contributed by atoms with E-state index in [0.29, 0.717) is 59.9 Å². The van der Waals surface area contributed by atoms with Crippen LogP contribution in [0.5, 0.6) is 11.8 Å². The number of alkyl halides is 1. The van der Waals surface area contributed by atoms with Gasteiger partial charge >= 0.3 is 6.01 Å². The monoisotopic (exact) mass is 608 g/mol. The number of aromatic nitrogens is 3. The van der Waals surface area contributed by atoms with Gasteiger partial charge in [-0.2, -0.15) is 9.97 Å². The second-order valence-electron chi connectivity index (χ2n) is 12.6. The van der Waals surface area contributed by atoms with E-state index in [0.717, 1.165) is 19.4 Å². The van der Waals surface area contributed by atoms with Crippen molar-refractivity contribution >= 4 is 27.5 Å². The SMILES string of the molecule is CCc1c(F)ccc2cc(O)cc(-c3ncc4c(N5CCC(C)(O)CN5)nc(OC[C@@]56CCCN5C[C@H](F)C6)nc4c3F)c12. The van der Waals surface area contributed by atoms with E-state index in [1.807, 2.05) is 6.92 Å². The third-order valence-electron chi connectivity index (χ3n) is 9.42. The van der Waals surface area contributed by atoms with Gasteiger partial charge in [-0.3, -0.25) is 14.9 Å². The molecule has 9 nitrogen and oxygen atoms in total. The molecule has 12 heteroatoms. The van der Waals surface area contributed by atoms with Crippen LogP contribution >= 0.6 is 0 Å². The van der Waals surface area contributed by atoms with Crippen molar-refractivity contribution < 1.29 is 28.1 Å². The Morgan fingerprint density at radius 3 is 2.77 bits per heavy atom. The number of aryl methyl sites for hydroxylation is 1. The van der Waals surface area contributed by atoms with E-state index in [1.165, 1.54) is 24.4 Å². The lowest BCUT2D eigenvalue weighted by Crippen LogP contribution is -2.55. The summed E-state index contributed by atoms with van der Waals surface area (Å²) in [6.07, 6.45) is 3.41. The number of phenolic OH excluding ortho intramolecular Hbond substituents is 1. The fraction of sp³-hybridized carbons (Fsp3) is 0.469. The third kappa shape index (κ3) is 4.89. The maximum Gasteiger partial charge on any atom is 0.319 e. The zero-order chi connectivity index (χ0) is 30.8. The van der Waals surface area contributed by atoms with Gasteiger partial charge in [0.25, 0.3) is 0 Å². The molecule has 3 atom stereocenters. The number of anilines is 1. The summed E-state index contributed by atoms with van der Waals surface area (Å²) in [4.78, 5) is 15.7.